The topological polar surface area (TPSA) is 188 Å². The number of nitrogens with zero attached hydrogens (tertiary/aromatic N) is 2. The number of nitro groups is 1. The highest BCUT2D eigenvalue weighted by Crippen LogP contribution is 2.29. The van der Waals surface area contributed by atoms with E-state index < -0.39 is 23.2 Å². The molecule has 5 N–H and O–H groups in total. The van der Waals surface area contributed by atoms with E-state index in [2.05, 4.69) is 10.6 Å². The minimum atomic E-state index is -1.08. The van der Waals surface area contributed by atoms with Crippen molar-refractivity contribution in [2.24, 2.45) is 5.73 Å². The van der Waals surface area contributed by atoms with E-state index in [0.717, 1.165) is 11.0 Å². The normalized spacial score (nSPS) is 11.6. The highest BCUT2D eigenvalue weighted by atomic mass is 35.5. The number of aliphatic hydroxyl groups excluding tert-OH is 1. The summed E-state index contributed by atoms with van der Waals surface area (Å²) >= 11 is 12.1. The van der Waals surface area contributed by atoms with Gasteiger partial charge in [0.2, 0.25) is 0 Å². The Morgan fingerprint density at radius 3 is 2.34 bits per heavy atom. The van der Waals surface area contributed by atoms with Crippen LogP contribution >= 0.6 is 23.2 Å². The third-order valence-corrected chi connectivity index (χ3v) is 5.73. The van der Waals surface area contributed by atoms with E-state index in [4.69, 9.17) is 47.9 Å². The molecule has 0 aliphatic carbocycles. The van der Waals surface area contributed by atoms with Gasteiger partial charge in [0, 0.05) is 37.3 Å². The van der Waals surface area contributed by atoms with Gasteiger partial charge in [0.05, 0.1) is 67.4 Å². The molecule has 2 aromatic carbocycles. The average molecular weight is 618 g/mol. The van der Waals surface area contributed by atoms with Crippen molar-refractivity contribution >= 4 is 46.6 Å². The van der Waals surface area contributed by atoms with Gasteiger partial charge in [0.15, 0.2) is 0 Å². The van der Waals surface area contributed by atoms with E-state index in [1.807, 2.05) is 0 Å². The smallest absolute Gasteiger partial charge is 0.409 e. The van der Waals surface area contributed by atoms with E-state index in [1.165, 1.54) is 37.4 Å². The number of hydrogen-bond donors (Lipinski definition) is 4. The molecule has 0 heterocycles. The molecule has 0 aliphatic rings. The van der Waals surface area contributed by atoms with Gasteiger partial charge in [0.25, 0.3) is 11.6 Å². The second kappa shape index (κ2) is 18.4. The Labute approximate surface area is 246 Å². The number of amides is 2. The largest absolute Gasteiger partial charge is 0.415 e. The zero-order chi connectivity index (χ0) is 30.2. The molecule has 16 heteroatoms. The number of anilines is 1. The maximum Gasteiger partial charge on any atom is 0.415 e. The number of non-ortho nitro benzene ring substituents is 1. The fraction of sp³-hybridized carbons (Fsp3) is 0.440. The SMILES string of the molecule is CN(CC(O)NCCOCCOCCOCCN)C(=O)Oc1ccc(Cl)cc1C(=O)Nc1ccc([N+](=O)[O-])cc1Cl. The van der Waals surface area contributed by atoms with Gasteiger partial charge in [-0.3, -0.25) is 20.2 Å². The lowest BCUT2D eigenvalue weighted by atomic mass is 10.1. The fourth-order valence-corrected chi connectivity index (χ4v) is 3.56. The molecule has 0 saturated heterocycles. The Morgan fingerprint density at radius 1 is 1.05 bits per heavy atom. The summed E-state index contributed by atoms with van der Waals surface area (Å²) in [4.78, 5) is 37.0. The molecule has 0 aromatic heterocycles. The number of rotatable bonds is 18. The zero-order valence-corrected chi connectivity index (χ0v) is 23.9. The average Bonchev–Trinajstić information content (AvgIpc) is 2.93. The number of carbonyl (C=O) groups excluding carboxylic acids is 2. The van der Waals surface area contributed by atoms with Crippen molar-refractivity contribution in [1.29, 1.82) is 0 Å². The molecule has 2 aromatic rings. The van der Waals surface area contributed by atoms with Crippen molar-refractivity contribution in [2.75, 3.05) is 71.6 Å². The lowest BCUT2D eigenvalue weighted by Gasteiger charge is -2.21. The molecule has 0 saturated carbocycles. The van der Waals surface area contributed by atoms with Crippen LogP contribution in [0.15, 0.2) is 36.4 Å². The summed E-state index contributed by atoms with van der Waals surface area (Å²) in [5.74, 6) is -0.827. The number of halogens is 2. The van der Waals surface area contributed by atoms with Gasteiger partial charge < -0.3 is 40.0 Å². The third-order valence-electron chi connectivity index (χ3n) is 5.19. The summed E-state index contributed by atoms with van der Waals surface area (Å²) < 4.78 is 21.3. The van der Waals surface area contributed by atoms with Crippen LogP contribution in [0.25, 0.3) is 0 Å². The molecule has 41 heavy (non-hydrogen) atoms. The maximum atomic E-state index is 12.9. The van der Waals surface area contributed by atoms with Gasteiger partial charge in [-0.25, -0.2) is 4.79 Å². The van der Waals surface area contributed by atoms with Gasteiger partial charge in [-0.1, -0.05) is 23.2 Å². The van der Waals surface area contributed by atoms with Crippen LogP contribution in [-0.2, 0) is 14.2 Å². The molecule has 2 amide bonds. The van der Waals surface area contributed by atoms with Crippen LogP contribution in [0.1, 0.15) is 10.4 Å². The zero-order valence-electron chi connectivity index (χ0n) is 22.3. The predicted molar refractivity (Wildman–Crippen MR) is 152 cm³/mol. The van der Waals surface area contributed by atoms with Crippen LogP contribution in [0.4, 0.5) is 16.2 Å². The maximum absolute atomic E-state index is 12.9. The predicted octanol–water partition coefficient (Wildman–Crippen LogP) is 2.50. The molecule has 226 valence electrons. The second-order valence-corrected chi connectivity index (χ2v) is 9.20. The summed E-state index contributed by atoms with van der Waals surface area (Å²) in [5, 5.41) is 26.6. The molecule has 0 spiro atoms. The first-order valence-corrected chi connectivity index (χ1v) is 13.2. The highest BCUT2D eigenvalue weighted by molar-refractivity contribution is 6.34. The number of benzene rings is 2. The van der Waals surface area contributed by atoms with Crippen molar-refractivity contribution in [3.63, 3.8) is 0 Å². The summed E-state index contributed by atoms with van der Waals surface area (Å²) in [5.41, 5.74) is 5.09. The Bertz CT molecular complexity index is 1160. The van der Waals surface area contributed by atoms with E-state index in [-0.39, 0.29) is 39.3 Å². The lowest BCUT2D eigenvalue weighted by Crippen LogP contribution is -2.43. The summed E-state index contributed by atoms with van der Waals surface area (Å²) in [6.07, 6.45) is -1.93. The first kappa shape index (κ1) is 34.1. The third kappa shape index (κ3) is 12.5. The molecule has 0 fully saturated rings. The molecule has 1 atom stereocenters. The van der Waals surface area contributed by atoms with E-state index in [1.54, 1.807) is 0 Å². The fourth-order valence-electron chi connectivity index (χ4n) is 3.17. The summed E-state index contributed by atoms with van der Waals surface area (Å²) in [6, 6.07) is 7.60. The van der Waals surface area contributed by atoms with Crippen LogP contribution in [0, 0.1) is 10.1 Å². The Kier molecular flexibility index (Phi) is 15.3. The van der Waals surface area contributed by atoms with Gasteiger partial charge in [0.1, 0.15) is 12.0 Å². The van der Waals surface area contributed by atoms with Crippen molar-refractivity contribution < 1.29 is 38.6 Å². The molecular formula is C25H33Cl2N5O9. The molecule has 2 rings (SSSR count). The van der Waals surface area contributed by atoms with Crippen molar-refractivity contribution in [3.8, 4) is 5.75 Å². The van der Waals surface area contributed by atoms with Gasteiger partial charge in [-0.2, -0.15) is 0 Å². The number of likely N-dealkylation sites (N-methyl/N-ethyl adjacent to an activating group) is 1. The number of nitrogens with one attached hydrogen (secondary N) is 2. The van der Waals surface area contributed by atoms with Crippen LogP contribution in [0.2, 0.25) is 10.0 Å². The van der Waals surface area contributed by atoms with Crippen LogP contribution in [-0.4, -0.2) is 99.5 Å². The van der Waals surface area contributed by atoms with E-state index >= 15 is 0 Å². The molecular weight excluding hydrogens is 585 g/mol. The second-order valence-electron chi connectivity index (χ2n) is 8.36. The molecule has 14 nitrogen and oxygen atoms in total. The molecule has 0 radical (unpaired) electrons. The van der Waals surface area contributed by atoms with Crippen molar-refractivity contribution in [2.45, 2.75) is 6.23 Å². The number of hydrogen-bond acceptors (Lipinski definition) is 11. The van der Waals surface area contributed by atoms with Crippen molar-refractivity contribution in [1.82, 2.24) is 10.2 Å². The van der Waals surface area contributed by atoms with Gasteiger partial charge in [-0.15, -0.1) is 0 Å². The first-order chi connectivity index (χ1) is 19.6. The van der Waals surface area contributed by atoms with Gasteiger partial charge >= 0.3 is 6.09 Å². The Balaban J connectivity index is 1.81. The minimum Gasteiger partial charge on any atom is -0.409 e. The minimum absolute atomic E-state index is 0.0581. The monoisotopic (exact) mass is 617 g/mol. The number of ether oxygens (including phenoxy) is 4. The standard InChI is InChI=1S/C25H33Cl2N5O9/c1-31(16-23(33)29-7-9-39-11-13-40-12-10-38-8-6-28)25(35)41-22-5-2-17(26)14-19(22)24(34)30-21-4-3-18(32(36)37)15-20(21)27/h2-5,14-15,23,29,33H,6-13,16,28H2,1H3,(H,30,34). The Hall–Kier alpha value is -3.08. The van der Waals surface area contributed by atoms with Crippen molar-refractivity contribution in [3.05, 3.63) is 62.1 Å². The van der Waals surface area contributed by atoms with Crippen LogP contribution in [0.3, 0.4) is 0 Å². The van der Waals surface area contributed by atoms with Crippen LogP contribution in [0.5, 0.6) is 5.75 Å². The quantitative estimate of drug-likeness (QED) is 0.0832. The molecule has 1 unspecified atom stereocenters. The van der Waals surface area contributed by atoms with E-state index in [0.29, 0.717) is 52.7 Å². The first-order valence-electron chi connectivity index (χ1n) is 12.4. The number of nitrogens with two attached hydrogens (primary N) is 1. The summed E-state index contributed by atoms with van der Waals surface area (Å²) in [6.45, 7) is 3.12. The lowest BCUT2D eigenvalue weighted by molar-refractivity contribution is -0.384. The number of aliphatic hydroxyl groups is 1. The summed E-state index contributed by atoms with van der Waals surface area (Å²) in [7, 11) is 1.41. The van der Waals surface area contributed by atoms with Crippen LogP contribution < -0.4 is 21.1 Å². The molecule has 0 aliphatic heterocycles. The number of nitro benzene ring substituents is 1. The highest BCUT2D eigenvalue weighted by Gasteiger charge is 2.21. The van der Waals surface area contributed by atoms with Gasteiger partial charge in [-0.05, 0) is 24.3 Å². The van der Waals surface area contributed by atoms with E-state index in [9.17, 15) is 24.8 Å². The number of carbonyl (C=O) groups is 2. The Morgan fingerprint density at radius 2 is 1.71 bits per heavy atom. The molecule has 0 bridgehead atoms.